The first-order chi connectivity index (χ1) is 10.9. The van der Waals surface area contributed by atoms with E-state index >= 15 is 0 Å². The van der Waals surface area contributed by atoms with E-state index in [0.29, 0.717) is 5.56 Å². The second kappa shape index (κ2) is 6.36. The number of rotatable bonds is 4. The number of phenols is 1. The van der Waals surface area contributed by atoms with E-state index in [0.717, 1.165) is 18.2 Å². The zero-order valence-corrected chi connectivity index (χ0v) is 11.5. The van der Waals surface area contributed by atoms with Crippen molar-refractivity contribution < 1.29 is 15.0 Å². The molecule has 0 fully saturated rings. The van der Waals surface area contributed by atoms with Crippen molar-refractivity contribution in [3.63, 3.8) is 0 Å². The normalized spacial score (nSPS) is 10.8. The number of nitrogens with zero attached hydrogens (tertiary/aromatic N) is 3. The molecular formula is C15H9N3O5. The fraction of sp³-hybridized carbons (Fsp3) is 0. The maximum absolute atomic E-state index is 10.8. The Morgan fingerprint density at radius 1 is 1.04 bits per heavy atom. The van der Waals surface area contributed by atoms with E-state index in [1.807, 2.05) is 6.07 Å². The standard InChI is InChI=1S/C15H9N3O5/c16-9-12(10-1-3-13(4-2-10)17(20)21)7-11-8-14(18(22)23)5-6-15(11)19/h1-8,19H/b12-7-. The fourth-order valence-electron chi connectivity index (χ4n) is 1.87. The van der Waals surface area contributed by atoms with E-state index in [1.165, 1.54) is 30.3 Å². The van der Waals surface area contributed by atoms with Gasteiger partial charge in [-0.2, -0.15) is 5.26 Å². The molecule has 0 unspecified atom stereocenters. The van der Waals surface area contributed by atoms with E-state index in [9.17, 15) is 30.6 Å². The lowest BCUT2D eigenvalue weighted by Gasteiger charge is -2.02. The Morgan fingerprint density at radius 3 is 2.13 bits per heavy atom. The first-order valence-electron chi connectivity index (χ1n) is 6.26. The summed E-state index contributed by atoms with van der Waals surface area (Å²) in [6.45, 7) is 0. The molecule has 0 amide bonds. The van der Waals surface area contributed by atoms with Gasteiger partial charge in [-0.1, -0.05) is 0 Å². The third-order valence-electron chi connectivity index (χ3n) is 3.03. The minimum atomic E-state index is -0.616. The number of phenolic OH excluding ortho intramolecular Hbond substituents is 1. The van der Waals surface area contributed by atoms with Gasteiger partial charge in [-0.3, -0.25) is 20.2 Å². The average molecular weight is 311 g/mol. The summed E-state index contributed by atoms with van der Waals surface area (Å²) in [5.74, 6) is -0.217. The van der Waals surface area contributed by atoms with E-state index in [-0.39, 0.29) is 28.3 Å². The van der Waals surface area contributed by atoms with Gasteiger partial charge in [0.05, 0.1) is 21.5 Å². The quantitative estimate of drug-likeness (QED) is 0.399. The SMILES string of the molecule is N#C/C(=C/c1cc([N+](=O)[O-])ccc1O)c1ccc([N+](=O)[O-])cc1. The molecule has 0 atom stereocenters. The molecule has 114 valence electrons. The smallest absolute Gasteiger partial charge is 0.270 e. The van der Waals surface area contributed by atoms with Gasteiger partial charge < -0.3 is 5.11 Å². The van der Waals surface area contributed by atoms with Gasteiger partial charge in [-0.15, -0.1) is 0 Å². The van der Waals surface area contributed by atoms with Crippen LogP contribution in [0.2, 0.25) is 0 Å². The zero-order chi connectivity index (χ0) is 17.0. The van der Waals surface area contributed by atoms with Crippen molar-refractivity contribution in [2.45, 2.75) is 0 Å². The molecule has 0 saturated carbocycles. The number of non-ortho nitro benzene ring substituents is 2. The number of nitriles is 1. The van der Waals surface area contributed by atoms with Crippen molar-refractivity contribution in [2.24, 2.45) is 0 Å². The summed E-state index contributed by atoms with van der Waals surface area (Å²) < 4.78 is 0. The van der Waals surface area contributed by atoms with Crippen molar-refractivity contribution >= 4 is 23.0 Å². The number of benzene rings is 2. The van der Waals surface area contributed by atoms with E-state index in [2.05, 4.69) is 0 Å². The molecule has 0 aromatic heterocycles. The Kier molecular flexibility index (Phi) is 4.33. The minimum absolute atomic E-state index is 0.106. The molecule has 8 nitrogen and oxygen atoms in total. The van der Waals surface area contributed by atoms with Crippen LogP contribution in [0.15, 0.2) is 42.5 Å². The number of hydrogen-bond donors (Lipinski definition) is 1. The molecule has 23 heavy (non-hydrogen) atoms. The molecule has 0 spiro atoms. The molecule has 8 heteroatoms. The lowest BCUT2D eigenvalue weighted by atomic mass is 10.0. The van der Waals surface area contributed by atoms with Crippen LogP contribution in [0, 0.1) is 31.6 Å². The highest BCUT2D eigenvalue weighted by Gasteiger charge is 2.11. The van der Waals surface area contributed by atoms with Crippen molar-refractivity contribution in [2.75, 3.05) is 0 Å². The molecule has 2 aromatic rings. The first kappa shape index (κ1) is 15.7. The number of allylic oxidation sites excluding steroid dienone is 1. The Labute approximate surface area is 129 Å². The second-order valence-corrected chi connectivity index (χ2v) is 4.47. The molecule has 0 heterocycles. The van der Waals surface area contributed by atoms with Gasteiger partial charge in [0.25, 0.3) is 11.4 Å². The maximum Gasteiger partial charge on any atom is 0.270 e. The van der Waals surface area contributed by atoms with Crippen LogP contribution in [0.4, 0.5) is 11.4 Å². The van der Waals surface area contributed by atoms with E-state index < -0.39 is 9.85 Å². The van der Waals surface area contributed by atoms with E-state index in [4.69, 9.17) is 0 Å². The van der Waals surface area contributed by atoms with Crippen molar-refractivity contribution in [3.05, 3.63) is 73.8 Å². The molecule has 0 aliphatic rings. The Morgan fingerprint density at radius 2 is 1.61 bits per heavy atom. The van der Waals surface area contributed by atoms with Crippen molar-refractivity contribution in [3.8, 4) is 11.8 Å². The molecule has 0 saturated heterocycles. The van der Waals surface area contributed by atoms with Crippen LogP contribution in [0.25, 0.3) is 11.6 Å². The number of hydrogen-bond acceptors (Lipinski definition) is 6. The maximum atomic E-state index is 10.8. The van der Waals surface area contributed by atoms with Crippen LogP contribution in [-0.4, -0.2) is 15.0 Å². The van der Waals surface area contributed by atoms with Crippen molar-refractivity contribution in [1.29, 1.82) is 5.26 Å². The lowest BCUT2D eigenvalue weighted by molar-refractivity contribution is -0.385. The van der Waals surface area contributed by atoms with Crippen LogP contribution in [0.3, 0.4) is 0 Å². The molecule has 0 aliphatic heterocycles. The highest BCUT2D eigenvalue weighted by Crippen LogP contribution is 2.28. The van der Waals surface area contributed by atoms with Gasteiger partial charge in [0.2, 0.25) is 0 Å². The third-order valence-corrected chi connectivity index (χ3v) is 3.03. The fourth-order valence-corrected chi connectivity index (χ4v) is 1.87. The summed E-state index contributed by atoms with van der Waals surface area (Å²) in [6, 6.07) is 10.6. The van der Waals surface area contributed by atoms with Crippen LogP contribution < -0.4 is 0 Å². The summed E-state index contributed by atoms with van der Waals surface area (Å²) >= 11 is 0. The summed E-state index contributed by atoms with van der Waals surface area (Å²) in [5, 5.41) is 40.4. The number of nitro benzene ring substituents is 2. The molecule has 0 bridgehead atoms. The van der Waals surface area contributed by atoms with Crippen molar-refractivity contribution in [1.82, 2.24) is 0 Å². The molecule has 2 aromatic carbocycles. The summed E-state index contributed by atoms with van der Waals surface area (Å²) in [4.78, 5) is 20.2. The second-order valence-electron chi connectivity index (χ2n) is 4.47. The zero-order valence-electron chi connectivity index (χ0n) is 11.5. The van der Waals surface area contributed by atoms with Gasteiger partial charge >= 0.3 is 0 Å². The van der Waals surface area contributed by atoms with Crippen LogP contribution >= 0.6 is 0 Å². The molecule has 1 N–H and O–H groups in total. The Bertz CT molecular complexity index is 850. The predicted molar refractivity (Wildman–Crippen MR) is 81.3 cm³/mol. The Hall–Kier alpha value is -3.73. The largest absolute Gasteiger partial charge is 0.507 e. The van der Waals surface area contributed by atoms with Gasteiger partial charge in [0.15, 0.2) is 0 Å². The minimum Gasteiger partial charge on any atom is -0.507 e. The molecule has 2 rings (SSSR count). The van der Waals surface area contributed by atoms with Crippen LogP contribution in [0.5, 0.6) is 5.75 Å². The lowest BCUT2D eigenvalue weighted by Crippen LogP contribution is -1.90. The third kappa shape index (κ3) is 3.48. The highest BCUT2D eigenvalue weighted by molar-refractivity contribution is 5.91. The van der Waals surface area contributed by atoms with Gasteiger partial charge in [0.1, 0.15) is 5.75 Å². The highest BCUT2D eigenvalue weighted by atomic mass is 16.6. The molecule has 0 aliphatic carbocycles. The van der Waals surface area contributed by atoms with Gasteiger partial charge in [-0.05, 0) is 29.8 Å². The summed E-state index contributed by atoms with van der Waals surface area (Å²) in [5.41, 5.74) is 0.257. The van der Waals surface area contributed by atoms with Crippen LogP contribution in [-0.2, 0) is 0 Å². The predicted octanol–water partition coefficient (Wildman–Crippen LogP) is 3.27. The number of nitro groups is 2. The van der Waals surface area contributed by atoms with Gasteiger partial charge in [0, 0.05) is 29.8 Å². The number of aromatic hydroxyl groups is 1. The van der Waals surface area contributed by atoms with E-state index in [1.54, 1.807) is 0 Å². The first-order valence-corrected chi connectivity index (χ1v) is 6.26. The summed E-state index contributed by atoms with van der Waals surface area (Å²) in [7, 11) is 0. The summed E-state index contributed by atoms with van der Waals surface area (Å²) in [6.07, 6.45) is 1.28. The Balaban J connectivity index is 2.47. The monoisotopic (exact) mass is 311 g/mol. The topological polar surface area (TPSA) is 130 Å². The molecular weight excluding hydrogens is 302 g/mol. The molecule has 0 radical (unpaired) electrons. The van der Waals surface area contributed by atoms with Crippen LogP contribution in [0.1, 0.15) is 11.1 Å². The van der Waals surface area contributed by atoms with Gasteiger partial charge in [-0.25, -0.2) is 0 Å². The average Bonchev–Trinajstić information content (AvgIpc) is 2.54.